The minimum absolute atomic E-state index is 0.0481. The maximum atomic E-state index is 12.1. The van der Waals surface area contributed by atoms with Crippen LogP contribution in [0.25, 0.3) is 0 Å². The fourth-order valence-corrected chi connectivity index (χ4v) is 2.91. The van der Waals surface area contributed by atoms with E-state index in [1.54, 1.807) is 0 Å². The number of benzene rings is 1. The molecule has 3 unspecified atom stereocenters. The van der Waals surface area contributed by atoms with Crippen molar-refractivity contribution in [3.05, 3.63) is 35.9 Å². The van der Waals surface area contributed by atoms with E-state index in [0.717, 1.165) is 18.5 Å². The highest BCUT2D eigenvalue weighted by Crippen LogP contribution is 2.21. The van der Waals surface area contributed by atoms with Crippen molar-refractivity contribution in [3.63, 3.8) is 0 Å². The van der Waals surface area contributed by atoms with Crippen molar-refractivity contribution in [1.82, 2.24) is 10.2 Å². The van der Waals surface area contributed by atoms with Gasteiger partial charge in [0, 0.05) is 12.6 Å². The number of hydrogen-bond donors (Lipinski definition) is 2. The summed E-state index contributed by atoms with van der Waals surface area (Å²) >= 11 is 0. The first-order chi connectivity index (χ1) is 9.60. The summed E-state index contributed by atoms with van der Waals surface area (Å²) in [7, 11) is 0. The predicted octanol–water partition coefficient (Wildman–Crippen LogP) is 1.53. The minimum Gasteiger partial charge on any atom is -0.348 e. The SMILES string of the molecule is CC(NC(=O)CN1CC(CN)CC1C)c1ccccc1. The van der Waals surface area contributed by atoms with Gasteiger partial charge in [-0.2, -0.15) is 0 Å². The number of hydrogen-bond acceptors (Lipinski definition) is 3. The van der Waals surface area contributed by atoms with Crippen molar-refractivity contribution in [1.29, 1.82) is 0 Å². The molecule has 1 aromatic rings. The number of amides is 1. The van der Waals surface area contributed by atoms with Crippen molar-refractivity contribution in [2.75, 3.05) is 19.6 Å². The summed E-state index contributed by atoms with van der Waals surface area (Å²) in [4.78, 5) is 14.4. The van der Waals surface area contributed by atoms with Crippen molar-refractivity contribution in [3.8, 4) is 0 Å². The fourth-order valence-electron chi connectivity index (χ4n) is 2.91. The Balaban J connectivity index is 1.84. The smallest absolute Gasteiger partial charge is 0.234 e. The lowest BCUT2D eigenvalue weighted by atomic mass is 10.1. The number of nitrogens with one attached hydrogen (secondary N) is 1. The molecular formula is C16H25N3O. The molecule has 2 rings (SSSR count). The van der Waals surface area contributed by atoms with Crippen LogP contribution in [0.15, 0.2) is 30.3 Å². The van der Waals surface area contributed by atoms with E-state index in [4.69, 9.17) is 5.73 Å². The molecule has 110 valence electrons. The first-order valence-electron chi connectivity index (χ1n) is 7.38. The second-order valence-corrected chi connectivity index (χ2v) is 5.82. The van der Waals surface area contributed by atoms with Gasteiger partial charge in [-0.1, -0.05) is 30.3 Å². The maximum absolute atomic E-state index is 12.1. The van der Waals surface area contributed by atoms with Crippen LogP contribution in [-0.2, 0) is 4.79 Å². The highest BCUT2D eigenvalue weighted by atomic mass is 16.2. The van der Waals surface area contributed by atoms with Gasteiger partial charge in [0.1, 0.15) is 0 Å². The van der Waals surface area contributed by atoms with E-state index < -0.39 is 0 Å². The maximum Gasteiger partial charge on any atom is 0.234 e. The molecule has 1 aromatic carbocycles. The first kappa shape index (κ1) is 15.0. The van der Waals surface area contributed by atoms with Crippen LogP contribution in [0.3, 0.4) is 0 Å². The molecule has 0 bridgehead atoms. The lowest BCUT2D eigenvalue weighted by molar-refractivity contribution is -0.123. The Bertz CT molecular complexity index is 435. The lowest BCUT2D eigenvalue weighted by Crippen LogP contribution is -2.40. The Hall–Kier alpha value is -1.39. The van der Waals surface area contributed by atoms with Gasteiger partial charge < -0.3 is 11.1 Å². The molecule has 1 aliphatic heterocycles. The molecule has 4 heteroatoms. The van der Waals surface area contributed by atoms with Gasteiger partial charge in [-0.15, -0.1) is 0 Å². The molecule has 1 aliphatic rings. The number of nitrogens with zero attached hydrogens (tertiary/aromatic N) is 1. The van der Waals surface area contributed by atoms with Crippen LogP contribution in [0.4, 0.5) is 0 Å². The van der Waals surface area contributed by atoms with Gasteiger partial charge in [-0.25, -0.2) is 0 Å². The lowest BCUT2D eigenvalue weighted by Gasteiger charge is -2.22. The molecule has 0 radical (unpaired) electrons. The Morgan fingerprint density at radius 2 is 2.15 bits per heavy atom. The average molecular weight is 275 g/mol. The summed E-state index contributed by atoms with van der Waals surface area (Å²) in [5.74, 6) is 0.621. The van der Waals surface area contributed by atoms with E-state index in [1.807, 2.05) is 37.3 Å². The fraction of sp³-hybridized carbons (Fsp3) is 0.562. The van der Waals surface area contributed by atoms with Gasteiger partial charge >= 0.3 is 0 Å². The molecule has 0 aromatic heterocycles. The van der Waals surface area contributed by atoms with Crippen molar-refractivity contribution in [2.45, 2.75) is 32.4 Å². The molecule has 1 saturated heterocycles. The minimum atomic E-state index is 0.0481. The Labute approximate surface area is 121 Å². The van der Waals surface area contributed by atoms with Crippen LogP contribution < -0.4 is 11.1 Å². The molecule has 1 fully saturated rings. The van der Waals surface area contributed by atoms with Crippen molar-refractivity contribution < 1.29 is 4.79 Å². The van der Waals surface area contributed by atoms with Crippen molar-refractivity contribution >= 4 is 5.91 Å². The normalized spacial score (nSPS) is 24.6. The van der Waals surface area contributed by atoms with E-state index in [0.29, 0.717) is 25.0 Å². The van der Waals surface area contributed by atoms with E-state index in [2.05, 4.69) is 17.1 Å². The number of carbonyl (C=O) groups is 1. The summed E-state index contributed by atoms with van der Waals surface area (Å²) in [5.41, 5.74) is 6.85. The molecular weight excluding hydrogens is 250 g/mol. The Kier molecular flexibility index (Phi) is 5.15. The van der Waals surface area contributed by atoms with E-state index in [9.17, 15) is 4.79 Å². The summed E-state index contributed by atoms with van der Waals surface area (Å²) in [6, 6.07) is 10.5. The van der Waals surface area contributed by atoms with Crippen LogP contribution in [0.1, 0.15) is 31.9 Å². The number of rotatable bonds is 5. The molecule has 1 amide bonds. The third-order valence-corrected chi connectivity index (χ3v) is 4.15. The summed E-state index contributed by atoms with van der Waals surface area (Å²) < 4.78 is 0. The van der Waals surface area contributed by atoms with E-state index >= 15 is 0 Å². The zero-order chi connectivity index (χ0) is 14.5. The quantitative estimate of drug-likeness (QED) is 0.857. The highest BCUT2D eigenvalue weighted by molar-refractivity contribution is 5.78. The van der Waals surface area contributed by atoms with Crippen LogP contribution in [0, 0.1) is 5.92 Å². The molecule has 0 saturated carbocycles. The standard InChI is InChI=1S/C16H25N3O/c1-12-8-14(9-17)10-19(12)11-16(20)18-13(2)15-6-4-3-5-7-15/h3-7,12-14H,8-11,17H2,1-2H3,(H,18,20). The summed E-state index contributed by atoms with van der Waals surface area (Å²) in [6.07, 6.45) is 1.10. The first-order valence-corrected chi connectivity index (χ1v) is 7.38. The second-order valence-electron chi connectivity index (χ2n) is 5.82. The van der Waals surface area contributed by atoms with Crippen molar-refractivity contribution in [2.24, 2.45) is 11.7 Å². The van der Waals surface area contributed by atoms with Crippen LogP contribution in [0.2, 0.25) is 0 Å². The van der Waals surface area contributed by atoms with Gasteiger partial charge in [0.05, 0.1) is 12.6 Å². The van der Waals surface area contributed by atoms with E-state index in [1.165, 1.54) is 0 Å². The van der Waals surface area contributed by atoms with Gasteiger partial charge in [0.25, 0.3) is 0 Å². The molecule has 0 aliphatic carbocycles. The van der Waals surface area contributed by atoms with Crippen LogP contribution in [0.5, 0.6) is 0 Å². The van der Waals surface area contributed by atoms with Gasteiger partial charge in [-0.05, 0) is 38.3 Å². The Morgan fingerprint density at radius 3 is 2.75 bits per heavy atom. The average Bonchev–Trinajstić information content (AvgIpc) is 2.80. The van der Waals surface area contributed by atoms with Crippen LogP contribution >= 0.6 is 0 Å². The monoisotopic (exact) mass is 275 g/mol. The number of nitrogens with two attached hydrogens (primary N) is 1. The molecule has 0 spiro atoms. The Morgan fingerprint density at radius 1 is 1.45 bits per heavy atom. The largest absolute Gasteiger partial charge is 0.348 e. The zero-order valence-electron chi connectivity index (χ0n) is 12.4. The van der Waals surface area contributed by atoms with Gasteiger partial charge in [-0.3, -0.25) is 9.69 Å². The molecule has 3 N–H and O–H groups in total. The predicted molar refractivity (Wildman–Crippen MR) is 81.2 cm³/mol. The summed E-state index contributed by atoms with van der Waals surface area (Å²) in [6.45, 7) is 6.30. The third kappa shape index (κ3) is 3.81. The molecule has 1 heterocycles. The topological polar surface area (TPSA) is 58.4 Å². The van der Waals surface area contributed by atoms with Crippen LogP contribution in [-0.4, -0.2) is 36.5 Å². The summed E-state index contributed by atoms with van der Waals surface area (Å²) in [5, 5.41) is 3.06. The highest BCUT2D eigenvalue weighted by Gasteiger charge is 2.29. The zero-order valence-corrected chi connectivity index (χ0v) is 12.4. The number of carbonyl (C=O) groups excluding carboxylic acids is 1. The third-order valence-electron chi connectivity index (χ3n) is 4.15. The van der Waals surface area contributed by atoms with Gasteiger partial charge in [0.15, 0.2) is 0 Å². The molecule has 20 heavy (non-hydrogen) atoms. The van der Waals surface area contributed by atoms with E-state index in [-0.39, 0.29) is 11.9 Å². The molecule has 3 atom stereocenters. The van der Waals surface area contributed by atoms with Gasteiger partial charge in [0.2, 0.25) is 5.91 Å². The molecule has 4 nitrogen and oxygen atoms in total. The second kappa shape index (κ2) is 6.86. The number of likely N-dealkylation sites (tertiary alicyclic amines) is 1.